The van der Waals surface area contributed by atoms with Crippen LogP contribution in [0, 0.1) is 13.8 Å². The Bertz CT molecular complexity index is 813. The Morgan fingerprint density at radius 2 is 2.00 bits per heavy atom. The molecule has 1 aliphatic carbocycles. The summed E-state index contributed by atoms with van der Waals surface area (Å²) in [5.41, 5.74) is 2.45. The Morgan fingerprint density at radius 1 is 1.24 bits per heavy atom. The van der Waals surface area contributed by atoms with Crippen molar-refractivity contribution in [3.8, 4) is 5.75 Å². The van der Waals surface area contributed by atoms with Crippen LogP contribution in [-0.4, -0.2) is 40.4 Å². The molecule has 0 aliphatic heterocycles. The molecular formula is C21H33IN6O. The van der Waals surface area contributed by atoms with Crippen LogP contribution in [0.1, 0.15) is 48.5 Å². The van der Waals surface area contributed by atoms with Crippen molar-refractivity contribution in [1.29, 1.82) is 0 Å². The summed E-state index contributed by atoms with van der Waals surface area (Å²) >= 11 is 0. The highest BCUT2D eigenvalue weighted by Gasteiger charge is 2.16. The first-order valence-electron chi connectivity index (χ1n) is 10.1. The Morgan fingerprint density at radius 3 is 2.66 bits per heavy atom. The Hall–Kier alpha value is -1.84. The van der Waals surface area contributed by atoms with Crippen LogP contribution in [0.15, 0.2) is 23.2 Å². The molecule has 1 aromatic carbocycles. The van der Waals surface area contributed by atoms with Gasteiger partial charge in [0.2, 0.25) is 0 Å². The number of aromatic nitrogens is 3. The summed E-state index contributed by atoms with van der Waals surface area (Å²) in [5, 5.41) is 15.4. The maximum Gasteiger partial charge on any atom is 0.191 e. The highest BCUT2D eigenvalue weighted by atomic mass is 127. The molecule has 160 valence electrons. The molecule has 1 aliphatic rings. The maximum atomic E-state index is 5.49. The fourth-order valence-electron chi connectivity index (χ4n) is 3.57. The topological polar surface area (TPSA) is 76.4 Å². The van der Waals surface area contributed by atoms with Crippen LogP contribution >= 0.6 is 24.0 Å². The molecule has 29 heavy (non-hydrogen) atoms. The molecule has 1 saturated carbocycles. The highest BCUT2D eigenvalue weighted by molar-refractivity contribution is 14.0. The van der Waals surface area contributed by atoms with Gasteiger partial charge < -0.3 is 19.9 Å². The van der Waals surface area contributed by atoms with E-state index in [4.69, 9.17) is 9.73 Å². The first-order valence-corrected chi connectivity index (χ1v) is 10.1. The lowest BCUT2D eigenvalue weighted by atomic mass is 10.1. The van der Waals surface area contributed by atoms with Gasteiger partial charge in [-0.15, -0.1) is 34.2 Å². The average Bonchev–Trinajstić information content (AvgIpc) is 3.31. The van der Waals surface area contributed by atoms with E-state index in [2.05, 4.69) is 39.9 Å². The third kappa shape index (κ3) is 6.58. The molecule has 0 bridgehead atoms. The van der Waals surface area contributed by atoms with Crippen molar-refractivity contribution in [3.05, 3.63) is 41.0 Å². The number of halogens is 1. The Kier molecular flexibility index (Phi) is 9.19. The number of nitrogens with zero attached hydrogens (tertiary/aromatic N) is 4. The third-order valence-electron chi connectivity index (χ3n) is 5.38. The largest absolute Gasteiger partial charge is 0.496 e. The average molecular weight is 512 g/mol. The van der Waals surface area contributed by atoms with Gasteiger partial charge in [0.1, 0.15) is 18.1 Å². The molecule has 2 aromatic rings. The molecule has 0 spiro atoms. The molecule has 0 atom stereocenters. The van der Waals surface area contributed by atoms with Gasteiger partial charge in [0.15, 0.2) is 11.8 Å². The van der Waals surface area contributed by atoms with Crippen LogP contribution in [-0.2, 0) is 20.0 Å². The van der Waals surface area contributed by atoms with E-state index in [1.165, 1.54) is 36.8 Å². The maximum absolute atomic E-state index is 5.49. The molecule has 1 fully saturated rings. The Labute approximate surface area is 190 Å². The number of hydrogen-bond donors (Lipinski definition) is 2. The summed E-state index contributed by atoms with van der Waals surface area (Å²) < 4.78 is 7.48. The molecule has 1 aromatic heterocycles. The lowest BCUT2D eigenvalue weighted by Crippen LogP contribution is -2.43. The smallest absolute Gasteiger partial charge is 0.191 e. The zero-order valence-corrected chi connectivity index (χ0v) is 20.2. The normalized spacial score (nSPS) is 14.6. The van der Waals surface area contributed by atoms with Gasteiger partial charge in [-0.2, -0.15) is 0 Å². The predicted molar refractivity (Wildman–Crippen MR) is 127 cm³/mol. The molecule has 0 amide bonds. The van der Waals surface area contributed by atoms with Crippen molar-refractivity contribution in [2.45, 2.75) is 58.5 Å². The van der Waals surface area contributed by atoms with E-state index in [0.29, 0.717) is 12.6 Å². The quantitative estimate of drug-likeness (QED) is 0.339. The van der Waals surface area contributed by atoms with E-state index in [0.717, 1.165) is 36.3 Å². The minimum atomic E-state index is 0. The van der Waals surface area contributed by atoms with E-state index in [9.17, 15) is 0 Å². The fourth-order valence-corrected chi connectivity index (χ4v) is 3.57. The van der Waals surface area contributed by atoms with Crippen molar-refractivity contribution in [3.63, 3.8) is 0 Å². The van der Waals surface area contributed by atoms with Gasteiger partial charge in [-0.25, -0.2) is 4.99 Å². The fraction of sp³-hybridized carbons (Fsp3) is 0.571. The SMILES string of the molecule is COc1ccc(C)cc1CCNC(=NCc1nnc(C)n1C)NC1CCCC1.I. The summed E-state index contributed by atoms with van der Waals surface area (Å²) in [6, 6.07) is 6.80. The van der Waals surface area contributed by atoms with Crippen LogP contribution in [0.25, 0.3) is 0 Å². The van der Waals surface area contributed by atoms with E-state index in [1.807, 2.05) is 24.6 Å². The van der Waals surface area contributed by atoms with Gasteiger partial charge >= 0.3 is 0 Å². The van der Waals surface area contributed by atoms with Gasteiger partial charge in [0.05, 0.1) is 7.11 Å². The lowest BCUT2D eigenvalue weighted by Gasteiger charge is -2.18. The summed E-state index contributed by atoms with van der Waals surface area (Å²) in [5.74, 6) is 3.55. The number of guanidine groups is 1. The number of aryl methyl sites for hydroxylation is 2. The zero-order chi connectivity index (χ0) is 19.9. The van der Waals surface area contributed by atoms with Crippen LogP contribution in [0.3, 0.4) is 0 Å². The number of methoxy groups -OCH3 is 1. The second kappa shape index (κ2) is 11.4. The van der Waals surface area contributed by atoms with Gasteiger partial charge in [0, 0.05) is 19.6 Å². The molecule has 1 heterocycles. The number of hydrogen-bond acceptors (Lipinski definition) is 4. The van der Waals surface area contributed by atoms with E-state index < -0.39 is 0 Å². The summed E-state index contributed by atoms with van der Waals surface area (Å²) in [6.07, 6.45) is 5.85. The van der Waals surface area contributed by atoms with Crippen molar-refractivity contribution in [2.75, 3.05) is 13.7 Å². The molecule has 7 nitrogen and oxygen atoms in total. The molecule has 3 rings (SSSR count). The highest BCUT2D eigenvalue weighted by Crippen LogP contribution is 2.20. The van der Waals surface area contributed by atoms with E-state index in [1.54, 1.807) is 7.11 Å². The molecule has 8 heteroatoms. The standard InChI is InChI=1S/C21H32N6O.HI/c1-15-9-10-19(28-4)17(13-15)11-12-22-21(24-18-7-5-6-8-18)23-14-20-26-25-16(2)27(20)3;/h9-10,13,18H,5-8,11-12,14H2,1-4H3,(H2,22,23,24);1H. The van der Waals surface area contributed by atoms with Crippen molar-refractivity contribution < 1.29 is 4.74 Å². The van der Waals surface area contributed by atoms with Gasteiger partial charge in [-0.05, 0) is 44.7 Å². The van der Waals surface area contributed by atoms with Crippen molar-refractivity contribution in [1.82, 2.24) is 25.4 Å². The zero-order valence-electron chi connectivity index (χ0n) is 17.9. The second-order valence-corrected chi connectivity index (χ2v) is 7.51. The second-order valence-electron chi connectivity index (χ2n) is 7.51. The molecule has 0 saturated heterocycles. The first kappa shape index (κ1) is 23.4. The summed E-state index contributed by atoms with van der Waals surface area (Å²) in [6.45, 7) is 5.35. The van der Waals surface area contributed by atoms with E-state index >= 15 is 0 Å². The van der Waals surface area contributed by atoms with Crippen LogP contribution in [0.2, 0.25) is 0 Å². The van der Waals surface area contributed by atoms with Crippen molar-refractivity contribution >= 4 is 29.9 Å². The minimum absolute atomic E-state index is 0. The minimum Gasteiger partial charge on any atom is -0.496 e. The number of nitrogens with one attached hydrogen (secondary N) is 2. The first-order chi connectivity index (χ1) is 13.6. The number of ether oxygens (including phenoxy) is 1. The van der Waals surface area contributed by atoms with Crippen LogP contribution in [0.4, 0.5) is 0 Å². The monoisotopic (exact) mass is 512 g/mol. The lowest BCUT2D eigenvalue weighted by molar-refractivity contribution is 0.409. The van der Waals surface area contributed by atoms with E-state index in [-0.39, 0.29) is 24.0 Å². The van der Waals surface area contributed by atoms with Crippen LogP contribution < -0.4 is 15.4 Å². The number of rotatable bonds is 7. The predicted octanol–water partition coefficient (Wildman–Crippen LogP) is 3.28. The van der Waals surface area contributed by atoms with Gasteiger partial charge in [-0.1, -0.05) is 30.5 Å². The third-order valence-corrected chi connectivity index (χ3v) is 5.38. The number of benzene rings is 1. The van der Waals surface area contributed by atoms with Gasteiger partial charge in [-0.3, -0.25) is 0 Å². The van der Waals surface area contributed by atoms with Crippen molar-refractivity contribution in [2.24, 2.45) is 12.0 Å². The molecule has 0 unspecified atom stereocenters. The summed E-state index contributed by atoms with van der Waals surface area (Å²) in [4.78, 5) is 4.76. The van der Waals surface area contributed by atoms with Gasteiger partial charge in [0.25, 0.3) is 0 Å². The number of aliphatic imine (C=N–C) groups is 1. The van der Waals surface area contributed by atoms with Crippen LogP contribution in [0.5, 0.6) is 5.75 Å². The molecule has 2 N–H and O–H groups in total. The molecule has 0 radical (unpaired) electrons. The Balaban J connectivity index is 0.00000300. The summed E-state index contributed by atoms with van der Waals surface area (Å²) in [7, 11) is 3.70. The molecular weight excluding hydrogens is 479 g/mol.